The second-order valence-corrected chi connectivity index (χ2v) is 5.46. The van der Waals surface area contributed by atoms with Gasteiger partial charge in [0.2, 0.25) is 0 Å². The predicted octanol–water partition coefficient (Wildman–Crippen LogP) is 0.644. The van der Waals surface area contributed by atoms with Gasteiger partial charge in [0.1, 0.15) is 5.56 Å². The standard InChI is InChI=1S/C13H22N4O2/c1-15(2)8-10-5-4-6-17(10)9-12-11(13(18)19)7-14-16(12)3/h7,10H,4-6,8-9H2,1-3H3,(H,18,19). The molecule has 0 radical (unpaired) electrons. The topological polar surface area (TPSA) is 61.6 Å². The Hall–Kier alpha value is -1.40. The number of carboxylic acids is 1. The Bertz CT molecular complexity index is 455. The van der Waals surface area contributed by atoms with Crippen LogP contribution in [0.2, 0.25) is 0 Å². The fraction of sp³-hybridized carbons (Fsp3) is 0.692. The zero-order valence-electron chi connectivity index (χ0n) is 11.8. The molecule has 2 heterocycles. The minimum absolute atomic E-state index is 0.318. The Labute approximate surface area is 113 Å². The van der Waals surface area contributed by atoms with Gasteiger partial charge in [-0.3, -0.25) is 9.58 Å². The molecule has 2 rings (SSSR count). The van der Waals surface area contributed by atoms with E-state index in [1.165, 1.54) is 19.0 Å². The first-order chi connectivity index (χ1) is 8.99. The highest BCUT2D eigenvalue weighted by atomic mass is 16.4. The smallest absolute Gasteiger partial charge is 0.339 e. The van der Waals surface area contributed by atoms with E-state index in [0.29, 0.717) is 18.2 Å². The molecule has 19 heavy (non-hydrogen) atoms. The molecule has 1 N–H and O–H groups in total. The van der Waals surface area contributed by atoms with E-state index < -0.39 is 5.97 Å². The van der Waals surface area contributed by atoms with Crippen LogP contribution in [0.15, 0.2) is 6.20 Å². The van der Waals surface area contributed by atoms with Crippen LogP contribution < -0.4 is 0 Å². The van der Waals surface area contributed by atoms with Gasteiger partial charge in [0.15, 0.2) is 0 Å². The minimum Gasteiger partial charge on any atom is -0.478 e. The lowest BCUT2D eigenvalue weighted by Gasteiger charge is -2.27. The van der Waals surface area contributed by atoms with Crippen molar-refractivity contribution in [3.63, 3.8) is 0 Å². The molecule has 1 aliphatic rings. The Kier molecular flexibility index (Phi) is 4.21. The molecule has 0 aromatic carbocycles. The average molecular weight is 266 g/mol. The summed E-state index contributed by atoms with van der Waals surface area (Å²) in [5.41, 5.74) is 1.11. The van der Waals surface area contributed by atoms with Crippen molar-refractivity contribution in [1.82, 2.24) is 19.6 Å². The van der Waals surface area contributed by atoms with Crippen LogP contribution in [0.4, 0.5) is 0 Å². The monoisotopic (exact) mass is 266 g/mol. The van der Waals surface area contributed by atoms with E-state index >= 15 is 0 Å². The molecule has 6 heteroatoms. The van der Waals surface area contributed by atoms with Crippen LogP contribution in [0.25, 0.3) is 0 Å². The van der Waals surface area contributed by atoms with Gasteiger partial charge in [0, 0.05) is 26.2 Å². The maximum absolute atomic E-state index is 11.2. The molecule has 0 aliphatic carbocycles. The molecule has 1 aliphatic heterocycles. The molecule has 1 fully saturated rings. The Morgan fingerprint density at radius 2 is 2.32 bits per heavy atom. The van der Waals surface area contributed by atoms with Crippen LogP contribution >= 0.6 is 0 Å². The van der Waals surface area contributed by atoms with Crippen molar-refractivity contribution in [2.75, 3.05) is 27.2 Å². The van der Waals surface area contributed by atoms with Crippen molar-refractivity contribution in [3.8, 4) is 0 Å². The number of hydrogen-bond donors (Lipinski definition) is 1. The zero-order valence-corrected chi connectivity index (χ0v) is 11.8. The van der Waals surface area contributed by atoms with E-state index in [2.05, 4.69) is 29.0 Å². The van der Waals surface area contributed by atoms with E-state index in [-0.39, 0.29) is 0 Å². The van der Waals surface area contributed by atoms with E-state index in [0.717, 1.165) is 18.8 Å². The van der Waals surface area contributed by atoms with Crippen LogP contribution in [0.5, 0.6) is 0 Å². The van der Waals surface area contributed by atoms with E-state index in [1.807, 2.05) is 0 Å². The summed E-state index contributed by atoms with van der Waals surface area (Å²) in [6.45, 7) is 2.71. The number of carboxylic acid groups (broad SMARTS) is 1. The number of hydrogen-bond acceptors (Lipinski definition) is 4. The van der Waals surface area contributed by atoms with Crippen molar-refractivity contribution in [2.24, 2.45) is 7.05 Å². The zero-order chi connectivity index (χ0) is 14.0. The number of likely N-dealkylation sites (tertiary alicyclic amines) is 1. The van der Waals surface area contributed by atoms with Gasteiger partial charge in [-0.15, -0.1) is 0 Å². The normalized spacial score (nSPS) is 20.3. The largest absolute Gasteiger partial charge is 0.478 e. The number of aromatic carboxylic acids is 1. The maximum Gasteiger partial charge on any atom is 0.339 e. The van der Waals surface area contributed by atoms with Crippen LogP contribution in [-0.4, -0.2) is 63.9 Å². The summed E-state index contributed by atoms with van der Waals surface area (Å²) < 4.78 is 1.68. The first-order valence-corrected chi connectivity index (χ1v) is 6.62. The molecular weight excluding hydrogens is 244 g/mol. The Morgan fingerprint density at radius 1 is 1.58 bits per heavy atom. The Balaban J connectivity index is 2.12. The summed E-state index contributed by atoms with van der Waals surface area (Å²) in [4.78, 5) is 15.7. The van der Waals surface area contributed by atoms with Crippen LogP contribution in [0.3, 0.4) is 0 Å². The number of rotatable bonds is 5. The molecule has 1 aromatic rings. The third-order valence-corrected chi connectivity index (χ3v) is 3.72. The van der Waals surface area contributed by atoms with Crippen molar-refractivity contribution in [1.29, 1.82) is 0 Å². The molecule has 1 atom stereocenters. The summed E-state index contributed by atoms with van der Waals surface area (Å²) in [5, 5.41) is 13.2. The summed E-state index contributed by atoms with van der Waals surface area (Å²) in [5.74, 6) is -0.897. The number of aromatic nitrogens is 2. The Morgan fingerprint density at radius 3 is 2.95 bits per heavy atom. The SMILES string of the molecule is CN(C)CC1CCCN1Cc1c(C(=O)O)cnn1C. The van der Waals surface area contributed by atoms with Crippen LogP contribution in [0.1, 0.15) is 28.9 Å². The number of nitrogens with zero attached hydrogens (tertiary/aromatic N) is 4. The highest BCUT2D eigenvalue weighted by Crippen LogP contribution is 2.21. The third kappa shape index (κ3) is 3.13. The average Bonchev–Trinajstić information content (AvgIpc) is 2.88. The number of aryl methyl sites for hydroxylation is 1. The van der Waals surface area contributed by atoms with E-state index in [9.17, 15) is 9.90 Å². The van der Waals surface area contributed by atoms with Gasteiger partial charge in [0.25, 0.3) is 0 Å². The summed E-state index contributed by atoms with van der Waals surface area (Å²) in [6, 6.07) is 0.506. The van der Waals surface area contributed by atoms with Crippen molar-refractivity contribution >= 4 is 5.97 Å². The highest BCUT2D eigenvalue weighted by Gasteiger charge is 2.27. The lowest BCUT2D eigenvalue weighted by molar-refractivity contribution is 0.0693. The fourth-order valence-electron chi connectivity index (χ4n) is 2.75. The molecular formula is C13H22N4O2. The van der Waals surface area contributed by atoms with Crippen molar-refractivity contribution < 1.29 is 9.90 Å². The molecule has 0 saturated carbocycles. The lowest BCUT2D eigenvalue weighted by Crippen LogP contribution is -2.37. The molecule has 106 valence electrons. The predicted molar refractivity (Wildman–Crippen MR) is 72.2 cm³/mol. The maximum atomic E-state index is 11.2. The summed E-state index contributed by atoms with van der Waals surface area (Å²) in [6.07, 6.45) is 3.80. The highest BCUT2D eigenvalue weighted by molar-refractivity contribution is 5.88. The molecule has 0 bridgehead atoms. The van der Waals surface area contributed by atoms with Gasteiger partial charge in [-0.05, 0) is 33.5 Å². The van der Waals surface area contributed by atoms with Gasteiger partial charge in [-0.2, -0.15) is 5.10 Å². The third-order valence-electron chi connectivity index (χ3n) is 3.72. The number of likely N-dealkylation sites (N-methyl/N-ethyl adjacent to an activating group) is 1. The van der Waals surface area contributed by atoms with Gasteiger partial charge in [-0.1, -0.05) is 0 Å². The molecule has 1 saturated heterocycles. The van der Waals surface area contributed by atoms with Gasteiger partial charge >= 0.3 is 5.97 Å². The van der Waals surface area contributed by atoms with Gasteiger partial charge < -0.3 is 10.0 Å². The fourth-order valence-corrected chi connectivity index (χ4v) is 2.75. The second-order valence-electron chi connectivity index (χ2n) is 5.46. The van der Waals surface area contributed by atoms with Gasteiger partial charge in [0.05, 0.1) is 11.9 Å². The van der Waals surface area contributed by atoms with Crippen LogP contribution in [-0.2, 0) is 13.6 Å². The minimum atomic E-state index is -0.897. The van der Waals surface area contributed by atoms with Crippen molar-refractivity contribution in [3.05, 3.63) is 17.5 Å². The van der Waals surface area contributed by atoms with E-state index in [4.69, 9.17) is 0 Å². The quantitative estimate of drug-likeness (QED) is 0.847. The second kappa shape index (κ2) is 5.71. The van der Waals surface area contributed by atoms with Crippen LogP contribution in [0, 0.1) is 0 Å². The first kappa shape index (κ1) is 14.0. The molecule has 1 unspecified atom stereocenters. The van der Waals surface area contributed by atoms with Gasteiger partial charge in [-0.25, -0.2) is 4.79 Å². The van der Waals surface area contributed by atoms with E-state index in [1.54, 1.807) is 11.7 Å². The summed E-state index contributed by atoms with van der Waals surface area (Å²) in [7, 11) is 5.95. The summed E-state index contributed by atoms with van der Waals surface area (Å²) >= 11 is 0. The molecule has 6 nitrogen and oxygen atoms in total. The lowest BCUT2D eigenvalue weighted by atomic mass is 10.2. The first-order valence-electron chi connectivity index (χ1n) is 6.62. The van der Waals surface area contributed by atoms with Crippen molar-refractivity contribution in [2.45, 2.75) is 25.4 Å². The molecule has 0 spiro atoms. The molecule has 1 aromatic heterocycles. The number of carbonyl (C=O) groups is 1. The molecule has 0 amide bonds.